The highest BCUT2D eigenvalue weighted by molar-refractivity contribution is 5.63. The zero-order chi connectivity index (χ0) is 18.8. The summed E-state index contributed by atoms with van der Waals surface area (Å²) in [4.78, 5) is 0. The van der Waals surface area contributed by atoms with Crippen molar-refractivity contribution in [1.29, 1.82) is 0 Å². The van der Waals surface area contributed by atoms with Crippen molar-refractivity contribution < 1.29 is 0 Å². The molecule has 0 saturated carbocycles. The number of aryl methyl sites for hydroxylation is 1. The Hall–Kier alpha value is -2.60. The van der Waals surface area contributed by atoms with Gasteiger partial charge >= 0.3 is 0 Å². The first-order valence-corrected chi connectivity index (χ1v) is 9.39. The van der Waals surface area contributed by atoms with Gasteiger partial charge in [0.1, 0.15) is 0 Å². The third-order valence-corrected chi connectivity index (χ3v) is 4.65. The molecule has 3 aromatic carbocycles. The SMILES string of the molecule is C/C=C(\C)CC(C)c1ccccc1.Cc1ccc(-c2ccccc2)cc1. The van der Waals surface area contributed by atoms with Crippen LogP contribution in [0.4, 0.5) is 0 Å². The minimum absolute atomic E-state index is 0.636. The Balaban J connectivity index is 0.000000187. The molecular weight excluding hydrogens is 312 g/mol. The standard InChI is InChI=1S/C13H12.C13H18/c1-11-7-9-13(10-8-11)12-5-3-2-4-6-12;1-4-11(2)10-12(3)13-8-6-5-7-9-13/h2-10H,1H3;4-9,12H,10H2,1-3H3/b;11-4+. The molecule has 0 amide bonds. The third-order valence-electron chi connectivity index (χ3n) is 4.65. The fraction of sp³-hybridized carbons (Fsp3) is 0.231. The summed E-state index contributed by atoms with van der Waals surface area (Å²) < 4.78 is 0. The summed E-state index contributed by atoms with van der Waals surface area (Å²) >= 11 is 0. The van der Waals surface area contributed by atoms with Gasteiger partial charge in [-0.05, 0) is 49.8 Å². The van der Waals surface area contributed by atoms with Gasteiger partial charge in [-0.25, -0.2) is 0 Å². The second kappa shape index (κ2) is 10.4. The van der Waals surface area contributed by atoms with Crippen LogP contribution in [0.3, 0.4) is 0 Å². The fourth-order valence-electron chi connectivity index (χ4n) is 2.88. The van der Waals surface area contributed by atoms with E-state index >= 15 is 0 Å². The Kier molecular flexibility index (Phi) is 7.89. The normalized spacial score (nSPS) is 12.1. The lowest BCUT2D eigenvalue weighted by Gasteiger charge is -2.11. The maximum Gasteiger partial charge on any atom is -0.0153 e. The molecule has 0 fully saturated rings. The average Bonchev–Trinajstić information content (AvgIpc) is 2.70. The first kappa shape index (κ1) is 19.7. The van der Waals surface area contributed by atoms with Gasteiger partial charge < -0.3 is 0 Å². The average molecular weight is 343 g/mol. The van der Waals surface area contributed by atoms with Gasteiger partial charge in [0.25, 0.3) is 0 Å². The summed E-state index contributed by atoms with van der Waals surface area (Å²) in [7, 11) is 0. The topological polar surface area (TPSA) is 0 Å². The highest BCUT2D eigenvalue weighted by Crippen LogP contribution is 2.22. The van der Waals surface area contributed by atoms with Crippen LogP contribution in [0.15, 0.2) is 96.6 Å². The molecule has 26 heavy (non-hydrogen) atoms. The molecule has 0 spiro atoms. The maximum atomic E-state index is 2.28. The van der Waals surface area contributed by atoms with Crippen LogP contribution in [0.25, 0.3) is 11.1 Å². The Morgan fingerprint density at radius 2 is 1.27 bits per heavy atom. The number of allylic oxidation sites excluding steroid dienone is 2. The van der Waals surface area contributed by atoms with E-state index in [1.807, 2.05) is 6.07 Å². The fourth-order valence-corrected chi connectivity index (χ4v) is 2.88. The van der Waals surface area contributed by atoms with Crippen molar-refractivity contribution in [3.8, 4) is 11.1 Å². The molecule has 0 heteroatoms. The van der Waals surface area contributed by atoms with Gasteiger partial charge in [0, 0.05) is 0 Å². The summed E-state index contributed by atoms with van der Waals surface area (Å²) in [5, 5.41) is 0. The van der Waals surface area contributed by atoms with Crippen LogP contribution in [-0.4, -0.2) is 0 Å². The van der Waals surface area contributed by atoms with Gasteiger partial charge in [0.05, 0.1) is 0 Å². The molecule has 0 nitrogen and oxygen atoms in total. The van der Waals surface area contributed by atoms with Crippen molar-refractivity contribution in [3.05, 3.63) is 108 Å². The van der Waals surface area contributed by atoms with Crippen LogP contribution in [0, 0.1) is 6.92 Å². The Bertz CT molecular complexity index is 780. The molecule has 0 aliphatic rings. The molecule has 1 atom stereocenters. The molecule has 0 aromatic heterocycles. The van der Waals surface area contributed by atoms with E-state index in [2.05, 4.69) is 113 Å². The van der Waals surface area contributed by atoms with Crippen LogP contribution in [0.2, 0.25) is 0 Å². The molecule has 0 aliphatic carbocycles. The van der Waals surface area contributed by atoms with Gasteiger partial charge in [0.2, 0.25) is 0 Å². The summed E-state index contributed by atoms with van der Waals surface area (Å²) in [5.41, 5.74) is 6.77. The van der Waals surface area contributed by atoms with E-state index in [-0.39, 0.29) is 0 Å². The van der Waals surface area contributed by atoms with Gasteiger partial charge in [0.15, 0.2) is 0 Å². The molecule has 3 aromatic rings. The number of benzene rings is 3. The zero-order valence-electron chi connectivity index (χ0n) is 16.4. The molecule has 0 radical (unpaired) electrons. The molecule has 0 heterocycles. The van der Waals surface area contributed by atoms with E-state index < -0.39 is 0 Å². The lowest BCUT2D eigenvalue weighted by atomic mass is 9.94. The predicted molar refractivity (Wildman–Crippen MR) is 116 cm³/mol. The zero-order valence-corrected chi connectivity index (χ0v) is 16.4. The van der Waals surface area contributed by atoms with Crippen LogP contribution >= 0.6 is 0 Å². The van der Waals surface area contributed by atoms with Crippen molar-refractivity contribution in [2.75, 3.05) is 0 Å². The van der Waals surface area contributed by atoms with Gasteiger partial charge in [-0.3, -0.25) is 0 Å². The van der Waals surface area contributed by atoms with Gasteiger partial charge in [-0.15, -0.1) is 0 Å². The second-order valence-electron chi connectivity index (χ2n) is 6.88. The molecular formula is C26H30. The van der Waals surface area contributed by atoms with Crippen LogP contribution in [-0.2, 0) is 0 Å². The molecule has 0 aliphatic heterocycles. The van der Waals surface area contributed by atoms with E-state index in [0.29, 0.717) is 5.92 Å². The van der Waals surface area contributed by atoms with Crippen molar-refractivity contribution in [3.63, 3.8) is 0 Å². The third kappa shape index (κ3) is 6.37. The lowest BCUT2D eigenvalue weighted by molar-refractivity contribution is 0.750. The Labute approximate surface area is 159 Å². The summed E-state index contributed by atoms with van der Waals surface area (Å²) in [6.45, 7) is 8.68. The number of rotatable bonds is 4. The molecule has 0 bridgehead atoms. The van der Waals surface area contributed by atoms with E-state index in [1.54, 1.807) is 0 Å². The maximum absolute atomic E-state index is 2.28. The summed E-state index contributed by atoms with van der Waals surface area (Å²) in [6, 6.07) is 29.7. The van der Waals surface area contributed by atoms with Crippen LogP contribution in [0.1, 0.15) is 44.2 Å². The van der Waals surface area contributed by atoms with Gasteiger partial charge in [-0.1, -0.05) is 109 Å². The van der Waals surface area contributed by atoms with E-state index in [0.717, 1.165) is 0 Å². The highest BCUT2D eigenvalue weighted by Gasteiger charge is 2.04. The smallest absolute Gasteiger partial charge is 0.0153 e. The van der Waals surface area contributed by atoms with Crippen molar-refractivity contribution in [1.82, 2.24) is 0 Å². The lowest BCUT2D eigenvalue weighted by Crippen LogP contribution is -1.93. The molecule has 0 saturated heterocycles. The molecule has 0 N–H and O–H groups in total. The largest absolute Gasteiger partial charge is 0.0887 e. The minimum atomic E-state index is 0.636. The molecule has 134 valence electrons. The highest BCUT2D eigenvalue weighted by atomic mass is 14.1. The van der Waals surface area contributed by atoms with Crippen LogP contribution in [0.5, 0.6) is 0 Å². The monoisotopic (exact) mass is 342 g/mol. The van der Waals surface area contributed by atoms with E-state index in [9.17, 15) is 0 Å². The Morgan fingerprint density at radius 3 is 1.81 bits per heavy atom. The minimum Gasteiger partial charge on any atom is -0.0887 e. The second-order valence-corrected chi connectivity index (χ2v) is 6.88. The van der Waals surface area contributed by atoms with Crippen LogP contribution < -0.4 is 0 Å². The first-order valence-electron chi connectivity index (χ1n) is 9.39. The van der Waals surface area contributed by atoms with Crippen molar-refractivity contribution in [2.24, 2.45) is 0 Å². The summed E-state index contributed by atoms with van der Waals surface area (Å²) in [5.74, 6) is 0.636. The molecule has 3 rings (SSSR count). The number of hydrogen-bond donors (Lipinski definition) is 0. The van der Waals surface area contributed by atoms with Gasteiger partial charge in [-0.2, -0.15) is 0 Å². The van der Waals surface area contributed by atoms with Crippen molar-refractivity contribution >= 4 is 0 Å². The predicted octanol–water partition coefficient (Wildman–Crippen LogP) is 7.81. The summed E-state index contributed by atoms with van der Waals surface area (Å²) in [6.07, 6.45) is 3.36. The first-order chi connectivity index (χ1) is 12.6. The van der Waals surface area contributed by atoms with E-state index in [1.165, 1.54) is 34.2 Å². The Morgan fingerprint density at radius 1 is 0.769 bits per heavy atom. The molecule has 1 unspecified atom stereocenters. The quantitative estimate of drug-likeness (QED) is 0.424. The van der Waals surface area contributed by atoms with E-state index in [4.69, 9.17) is 0 Å². The van der Waals surface area contributed by atoms with Crippen molar-refractivity contribution in [2.45, 2.75) is 40.0 Å². The number of hydrogen-bond acceptors (Lipinski definition) is 0.